The average Bonchev–Trinajstić information content (AvgIpc) is 3.19. The van der Waals surface area contributed by atoms with E-state index in [1.165, 1.54) is 19.3 Å². The minimum atomic E-state index is -0.772. The molecule has 4 nitrogen and oxygen atoms in total. The van der Waals surface area contributed by atoms with E-state index >= 15 is 0 Å². The summed E-state index contributed by atoms with van der Waals surface area (Å²) in [5, 5.41) is 8.65. The maximum Gasteiger partial charge on any atom is 0.303 e. The first-order valence-corrected chi connectivity index (χ1v) is 9.08. The molecular weight excluding hydrogens is 304 g/mol. The summed E-state index contributed by atoms with van der Waals surface area (Å²) < 4.78 is 5.56. The summed E-state index contributed by atoms with van der Waals surface area (Å²) in [4.78, 5) is 22.5. The van der Waals surface area contributed by atoms with Crippen molar-refractivity contribution < 1.29 is 19.4 Å². The van der Waals surface area contributed by atoms with Crippen molar-refractivity contribution in [2.24, 2.45) is 5.92 Å². The summed E-state index contributed by atoms with van der Waals surface area (Å²) in [5.41, 5.74) is 0.832. The molecule has 4 heteroatoms. The van der Waals surface area contributed by atoms with Gasteiger partial charge in [-0.25, -0.2) is 0 Å². The van der Waals surface area contributed by atoms with E-state index in [0.717, 1.165) is 24.8 Å². The fraction of sp³-hybridized carbons (Fsp3) is 0.600. The van der Waals surface area contributed by atoms with Gasteiger partial charge in [-0.2, -0.15) is 0 Å². The zero-order valence-corrected chi connectivity index (χ0v) is 14.4. The number of epoxide rings is 1. The fourth-order valence-electron chi connectivity index (χ4n) is 3.04. The number of hydrogen-bond donors (Lipinski definition) is 1. The van der Waals surface area contributed by atoms with Crippen LogP contribution in [0.25, 0.3) is 0 Å². The molecule has 24 heavy (non-hydrogen) atoms. The lowest BCUT2D eigenvalue weighted by Crippen LogP contribution is -2.05. The molecule has 0 saturated carbocycles. The van der Waals surface area contributed by atoms with Crippen molar-refractivity contribution in [3.05, 3.63) is 36.0 Å². The van der Waals surface area contributed by atoms with E-state index in [-0.39, 0.29) is 30.3 Å². The number of carbonyl (C=O) groups is 2. The molecule has 0 bridgehead atoms. The van der Waals surface area contributed by atoms with Crippen LogP contribution in [0.5, 0.6) is 0 Å². The van der Waals surface area contributed by atoms with Crippen LogP contribution in [0.2, 0.25) is 0 Å². The van der Waals surface area contributed by atoms with Gasteiger partial charge in [-0.15, -0.1) is 0 Å². The topological polar surface area (TPSA) is 66.9 Å². The van der Waals surface area contributed by atoms with Crippen LogP contribution in [0, 0.1) is 5.92 Å². The van der Waals surface area contributed by atoms with E-state index in [9.17, 15) is 9.59 Å². The molecule has 1 aliphatic carbocycles. The zero-order valence-electron chi connectivity index (χ0n) is 14.4. The van der Waals surface area contributed by atoms with E-state index in [4.69, 9.17) is 9.84 Å². The van der Waals surface area contributed by atoms with Gasteiger partial charge in [0.25, 0.3) is 0 Å². The number of ether oxygens (including phenoxy) is 1. The summed E-state index contributed by atoms with van der Waals surface area (Å²) in [6.07, 6.45) is 17.3. The zero-order chi connectivity index (χ0) is 17.4. The van der Waals surface area contributed by atoms with Crippen molar-refractivity contribution in [1.29, 1.82) is 0 Å². The van der Waals surface area contributed by atoms with E-state index in [1.807, 2.05) is 12.2 Å². The van der Waals surface area contributed by atoms with Crippen LogP contribution in [0.3, 0.4) is 0 Å². The van der Waals surface area contributed by atoms with Gasteiger partial charge in [0.15, 0.2) is 5.78 Å². The Morgan fingerprint density at radius 2 is 2.12 bits per heavy atom. The second-order valence-electron chi connectivity index (χ2n) is 6.58. The van der Waals surface area contributed by atoms with Gasteiger partial charge in [-0.3, -0.25) is 9.59 Å². The predicted molar refractivity (Wildman–Crippen MR) is 93.8 cm³/mol. The van der Waals surface area contributed by atoms with Crippen LogP contribution in [0.1, 0.15) is 58.3 Å². The number of carboxylic acids is 1. The lowest BCUT2D eigenvalue weighted by molar-refractivity contribution is -0.137. The SMILES string of the molecule is CCCCC/C=C\C[C@H]1C=CC(=O)/C1=C/[C@@H]1O[C@H]1CCCC(=O)O. The standard InChI is InChI=1S/C20H28O4/c1-2-3-4-5-6-7-9-15-12-13-17(21)16(15)14-19-18(24-19)10-8-11-20(22)23/h6-7,12-15,18-19H,2-5,8-11H2,1H3,(H,22,23)/b7-6-,16-14+/t15-,18-,19-/m0/s1. The molecule has 132 valence electrons. The molecule has 0 aromatic rings. The summed E-state index contributed by atoms with van der Waals surface area (Å²) in [6, 6.07) is 0. The highest BCUT2D eigenvalue weighted by Gasteiger charge is 2.38. The summed E-state index contributed by atoms with van der Waals surface area (Å²) in [7, 11) is 0. The second-order valence-corrected chi connectivity index (χ2v) is 6.58. The Balaban J connectivity index is 1.76. The van der Waals surface area contributed by atoms with E-state index < -0.39 is 5.97 Å². The van der Waals surface area contributed by atoms with Crippen molar-refractivity contribution in [1.82, 2.24) is 0 Å². The van der Waals surface area contributed by atoms with Crippen LogP contribution in [0.4, 0.5) is 0 Å². The Labute approximate surface area is 144 Å². The third-order valence-corrected chi connectivity index (χ3v) is 4.54. The molecular formula is C20H28O4. The predicted octanol–water partition coefficient (Wildman–Crippen LogP) is 4.22. The van der Waals surface area contributed by atoms with Gasteiger partial charge in [0, 0.05) is 17.9 Å². The molecule has 0 spiro atoms. The van der Waals surface area contributed by atoms with Crippen LogP contribution < -0.4 is 0 Å². The summed E-state index contributed by atoms with van der Waals surface area (Å²) >= 11 is 0. The van der Waals surface area contributed by atoms with Gasteiger partial charge >= 0.3 is 5.97 Å². The summed E-state index contributed by atoms with van der Waals surface area (Å²) in [6.45, 7) is 2.20. The molecule has 2 rings (SSSR count). The molecule has 1 aliphatic heterocycles. The lowest BCUT2D eigenvalue weighted by Gasteiger charge is -2.06. The number of unbranched alkanes of at least 4 members (excludes halogenated alkanes) is 3. The van der Waals surface area contributed by atoms with Crippen molar-refractivity contribution in [2.45, 2.75) is 70.5 Å². The first-order valence-electron chi connectivity index (χ1n) is 9.08. The highest BCUT2D eigenvalue weighted by atomic mass is 16.6. The second kappa shape index (κ2) is 9.58. The van der Waals surface area contributed by atoms with Crippen molar-refractivity contribution in [3.63, 3.8) is 0 Å². The molecule has 1 heterocycles. The monoisotopic (exact) mass is 332 g/mol. The Hall–Kier alpha value is -1.68. The number of allylic oxidation sites excluding steroid dienone is 5. The molecule has 0 unspecified atom stereocenters. The van der Waals surface area contributed by atoms with Crippen molar-refractivity contribution >= 4 is 11.8 Å². The van der Waals surface area contributed by atoms with Gasteiger partial charge in [0.2, 0.25) is 0 Å². The molecule has 0 radical (unpaired) electrons. The summed E-state index contributed by atoms with van der Waals surface area (Å²) in [5.74, 6) is -0.533. The molecule has 1 fully saturated rings. The number of rotatable bonds is 11. The largest absolute Gasteiger partial charge is 0.481 e. The maximum absolute atomic E-state index is 12.0. The Morgan fingerprint density at radius 3 is 2.88 bits per heavy atom. The Kier molecular flexibility index (Phi) is 7.44. The minimum Gasteiger partial charge on any atom is -0.481 e. The highest BCUT2D eigenvalue weighted by molar-refractivity contribution is 6.07. The van der Waals surface area contributed by atoms with E-state index in [2.05, 4.69) is 19.1 Å². The molecule has 0 amide bonds. The first kappa shape index (κ1) is 18.7. The Morgan fingerprint density at radius 1 is 1.29 bits per heavy atom. The quantitative estimate of drug-likeness (QED) is 0.266. The number of ketones is 1. The van der Waals surface area contributed by atoms with Gasteiger partial charge in [0.1, 0.15) is 6.10 Å². The van der Waals surface area contributed by atoms with Gasteiger partial charge in [-0.05, 0) is 44.3 Å². The molecule has 1 N–H and O–H groups in total. The first-order chi connectivity index (χ1) is 11.6. The van der Waals surface area contributed by atoms with Crippen LogP contribution >= 0.6 is 0 Å². The molecule has 3 atom stereocenters. The number of hydrogen-bond acceptors (Lipinski definition) is 3. The average molecular weight is 332 g/mol. The van der Waals surface area contributed by atoms with Crippen LogP contribution in [0.15, 0.2) is 36.0 Å². The number of carbonyl (C=O) groups excluding carboxylic acids is 1. The van der Waals surface area contributed by atoms with Crippen molar-refractivity contribution in [3.8, 4) is 0 Å². The number of carboxylic acid groups (broad SMARTS) is 1. The van der Waals surface area contributed by atoms with E-state index in [1.54, 1.807) is 6.08 Å². The van der Waals surface area contributed by atoms with Crippen LogP contribution in [-0.2, 0) is 14.3 Å². The third-order valence-electron chi connectivity index (χ3n) is 4.54. The fourth-order valence-corrected chi connectivity index (χ4v) is 3.04. The minimum absolute atomic E-state index is 0.0197. The normalized spacial score (nSPS) is 27.5. The lowest BCUT2D eigenvalue weighted by atomic mass is 9.96. The van der Waals surface area contributed by atoms with Crippen molar-refractivity contribution in [2.75, 3.05) is 0 Å². The van der Waals surface area contributed by atoms with Gasteiger partial charge in [-0.1, -0.05) is 38.0 Å². The molecule has 0 aromatic heterocycles. The maximum atomic E-state index is 12.0. The third kappa shape index (κ3) is 6.08. The Bertz CT molecular complexity index is 530. The van der Waals surface area contributed by atoms with E-state index in [0.29, 0.717) is 6.42 Å². The van der Waals surface area contributed by atoms with Gasteiger partial charge < -0.3 is 9.84 Å². The molecule has 2 aliphatic rings. The van der Waals surface area contributed by atoms with Gasteiger partial charge in [0.05, 0.1) is 6.10 Å². The molecule has 0 aromatic carbocycles. The number of aliphatic carboxylic acids is 1. The highest BCUT2D eigenvalue weighted by Crippen LogP contribution is 2.33. The van der Waals surface area contributed by atoms with Crippen LogP contribution in [-0.4, -0.2) is 29.1 Å². The molecule has 1 saturated heterocycles. The smallest absolute Gasteiger partial charge is 0.303 e.